The zero-order chi connectivity index (χ0) is 17.4. The molecule has 0 aliphatic carbocycles. The second-order valence-corrected chi connectivity index (χ2v) is 7.27. The van der Waals surface area contributed by atoms with E-state index in [-0.39, 0.29) is 17.9 Å². The number of aryl methyl sites for hydroxylation is 2. The van der Waals surface area contributed by atoms with Crippen LogP contribution in [-0.2, 0) is 11.2 Å². The van der Waals surface area contributed by atoms with Gasteiger partial charge in [-0.25, -0.2) is 0 Å². The summed E-state index contributed by atoms with van der Waals surface area (Å²) in [4.78, 5) is 15.1. The van der Waals surface area contributed by atoms with E-state index in [2.05, 4.69) is 28.8 Å². The Morgan fingerprint density at radius 2 is 2.12 bits per heavy atom. The Balaban J connectivity index is 1.46. The molecule has 2 aliphatic rings. The molecule has 3 heterocycles. The molecule has 1 fully saturated rings. The molecule has 1 saturated heterocycles. The molecule has 5 nitrogen and oxygen atoms in total. The summed E-state index contributed by atoms with van der Waals surface area (Å²) in [6.07, 6.45) is 2.88. The first-order chi connectivity index (χ1) is 12.1. The first-order valence-electron chi connectivity index (χ1n) is 9.14. The van der Waals surface area contributed by atoms with Gasteiger partial charge in [-0.3, -0.25) is 9.48 Å². The van der Waals surface area contributed by atoms with Crippen LogP contribution < -0.4 is 4.74 Å². The van der Waals surface area contributed by atoms with Crippen LogP contribution in [0.2, 0.25) is 0 Å². The van der Waals surface area contributed by atoms with Gasteiger partial charge < -0.3 is 9.64 Å². The van der Waals surface area contributed by atoms with Crippen molar-refractivity contribution >= 4 is 5.91 Å². The number of likely N-dealkylation sites (tertiary alicyclic amines) is 1. The highest BCUT2D eigenvalue weighted by atomic mass is 16.5. The SMILES string of the molecule is Cc1cc(C)n([C@H]2CCCN(C(=O)[C@@H]3COc4ccccc4C3)C2)n1. The second kappa shape index (κ2) is 6.54. The van der Waals surface area contributed by atoms with Gasteiger partial charge in [0.15, 0.2) is 0 Å². The number of para-hydroxylation sites is 1. The molecule has 25 heavy (non-hydrogen) atoms. The number of fused-ring (bicyclic) bond motifs is 1. The van der Waals surface area contributed by atoms with Crippen molar-refractivity contribution in [2.24, 2.45) is 5.92 Å². The van der Waals surface area contributed by atoms with Gasteiger partial charge in [-0.05, 0) is 50.8 Å². The number of carbonyl (C=O) groups is 1. The third-order valence-electron chi connectivity index (χ3n) is 5.33. The predicted octanol–water partition coefficient (Wildman–Crippen LogP) is 2.91. The predicted molar refractivity (Wildman–Crippen MR) is 95.7 cm³/mol. The summed E-state index contributed by atoms with van der Waals surface area (Å²) in [5.41, 5.74) is 3.35. The van der Waals surface area contributed by atoms with E-state index in [9.17, 15) is 4.79 Å². The molecule has 0 N–H and O–H groups in total. The first-order valence-corrected chi connectivity index (χ1v) is 9.14. The molecule has 0 unspecified atom stereocenters. The molecule has 5 heteroatoms. The summed E-state index contributed by atoms with van der Waals surface area (Å²) in [7, 11) is 0. The van der Waals surface area contributed by atoms with Gasteiger partial charge in [-0.1, -0.05) is 18.2 Å². The summed E-state index contributed by atoms with van der Waals surface area (Å²) < 4.78 is 7.92. The number of nitrogens with zero attached hydrogens (tertiary/aromatic N) is 3. The van der Waals surface area contributed by atoms with E-state index in [0.717, 1.165) is 49.4 Å². The summed E-state index contributed by atoms with van der Waals surface area (Å²) in [5, 5.41) is 4.62. The number of hydrogen-bond donors (Lipinski definition) is 0. The highest BCUT2D eigenvalue weighted by Gasteiger charge is 2.33. The molecule has 0 bridgehead atoms. The van der Waals surface area contributed by atoms with Gasteiger partial charge in [0.2, 0.25) is 5.91 Å². The maximum absolute atomic E-state index is 13.0. The molecule has 2 aromatic rings. The van der Waals surface area contributed by atoms with Gasteiger partial charge in [0.25, 0.3) is 0 Å². The summed E-state index contributed by atoms with van der Waals surface area (Å²) in [6, 6.07) is 10.4. The molecule has 1 aromatic heterocycles. The van der Waals surface area contributed by atoms with Crippen molar-refractivity contribution < 1.29 is 9.53 Å². The minimum atomic E-state index is -0.0749. The minimum absolute atomic E-state index is 0.0749. The summed E-state index contributed by atoms with van der Waals surface area (Å²) in [5.74, 6) is 1.07. The van der Waals surface area contributed by atoms with E-state index < -0.39 is 0 Å². The summed E-state index contributed by atoms with van der Waals surface area (Å²) >= 11 is 0. The molecular weight excluding hydrogens is 314 g/mol. The fourth-order valence-corrected chi connectivity index (χ4v) is 4.12. The van der Waals surface area contributed by atoms with Crippen molar-refractivity contribution in [2.45, 2.75) is 39.2 Å². The van der Waals surface area contributed by atoms with Crippen LogP contribution in [0.1, 0.15) is 35.8 Å². The molecule has 2 aliphatic heterocycles. The monoisotopic (exact) mass is 339 g/mol. The highest BCUT2D eigenvalue weighted by molar-refractivity contribution is 5.80. The number of ether oxygens (including phenoxy) is 1. The van der Waals surface area contributed by atoms with Crippen LogP contribution in [0.15, 0.2) is 30.3 Å². The van der Waals surface area contributed by atoms with Crippen LogP contribution in [0.4, 0.5) is 0 Å². The fraction of sp³-hybridized carbons (Fsp3) is 0.500. The molecule has 2 atom stereocenters. The number of carbonyl (C=O) groups excluding carboxylic acids is 1. The van der Waals surface area contributed by atoms with Crippen molar-refractivity contribution in [1.82, 2.24) is 14.7 Å². The average molecular weight is 339 g/mol. The largest absolute Gasteiger partial charge is 0.492 e. The number of hydrogen-bond acceptors (Lipinski definition) is 3. The zero-order valence-electron chi connectivity index (χ0n) is 14.9. The smallest absolute Gasteiger partial charge is 0.229 e. The molecule has 132 valence electrons. The maximum Gasteiger partial charge on any atom is 0.229 e. The topological polar surface area (TPSA) is 47.4 Å². The lowest BCUT2D eigenvalue weighted by Crippen LogP contribution is -2.46. The minimum Gasteiger partial charge on any atom is -0.492 e. The molecule has 0 saturated carbocycles. The Morgan fingerprint density at radius 1 is 1.28 bits per heavy atom. The second-order valence-electron chi connectivity index (χ2n) is 7.27. The normalized spacial score (nSPS) is 23.0. The van der Waals surface area contributed by atoms with Gasteiger partial charge in [0.05, 0.1) is 17.7 Å². The van der Waals surface area contributed by atoms with Crippen LogP contribution in [0.3, 0.4) is 0 Å². The molecule has 1 amide bonds. The lowest BCUT2D eigenvalue weighted by Gasteiger charge is -2.36. The number of amides is 1. The van der Waals surface area contributed by atoms with Crippen LogP contribution in [0, 0.1) is 19.8 Å². The third-order valence-corrected chi connectivity index (χ3v) is 5.33. The van der Waals surface area contributed by atoms with E-state index in [0.29, 0.717) is 6.61 Å². The third kappa shape index (κ3) is 3.15. The molecule has 4 rings (SSSR count). The van der Waals surface area contributed by atoms with Crippen molar-refractivity contribution in [2.75, 3.05) is 19.7 Å². The van der Waals surface area contributed by atoms with Crippen molar-refractivity contribution in [3.05, 3.63) is 47.3 Å². The van der Waals surface area contributed by atoms with E-state index in [4.69, 9.17) is 4.74 Å². The summed E-state index contributed by atoms with van der Waals surface area (Å²) in [6.45, 7) is 6.18. The standard InChI is InChI=1S/C20H25N3O2/c1-14-10-15(2)23(21-14)18-7-5-9-22(12-18)20(24)17-11-16-6-3-4-8-19(16)25-13-17/h3-4,6,8,10,17-18H,5,7,9,11-13H2,1-2H3/t17-,18-/m0/s1. The van der Waals surface area contributed by atoms with Crippen LogP contribution in [0.5, 0.6) is 5.75 Å². The first kappa shape index (κ1) is 16.2. The van der Waals surface area contributed by atoms with Crippen LogP contribution in [0.25, 0.3) is 0 Å². The Morgan fingerprint density at radius 3 is 2.92 bits per heavy atom. The molecular formula is C20H25N3O2. The Bertz CT molecular complexity index is 783. The number of rotatable bonds is 2. The highest BCUT2D eigenvalue weighted by Crippen LogP contribution is 2.30. The maximum atomic E-state index is 13.0. The van der Waals surface area contributed by atoms with E-state index in [1.54, 1.807) is 0 Å². The van der Waals surface area contributed by atoms with Crippen molar-refractivity contribution in [3.63, 3.8) is 0 Å². The molecule has 0 spiro atoms. The Kier molecular flexibility index (Phi) is 4.24. The fourth-order valence-electron chi connectivity index (χ4n) is 4.12. The van der Waals surface area contributed by atoms with Gasteiger partial charge >= 0.3 is 0 Å². The Hall–Kier alpha value is -2.30. The lowest BCUT2D eigenvalue weighted by molar-refractivity contribution is -0.138. The Labute approximate surface area is 148 Å². The number of benzene rings is 1. The zero-order valence-corrected chi connectivity index (χ0v) is 14.9. The average Bonchev–Trinajstić information content (AvgIpc) is 2.99. The number of aromatic nitrogens is 2. The van der Waals surface area contributed by atoms with Gasteiger partial charge in [0, 0.05) is 18.8 Å². The van der Waals surface area contributed by atoms with Crippen molar-refractivity contribution in [1.29, 1.82) is 0 Å². The van der Waals surface area contributed by atoms with Gasteiger partial charge in [0.1, 0.15) is 12.4 Å². The quantitative estimate of drug-likeness (QED) is 0.845. The van der Waals surface area contributed by atoms with Crippen LogP contribution in [-0.4, -0.2) is 40.3 Å². The lowest BCUT2D eigenvalue weighted by atomic mass is 9.94. The van der Waals surface area contributed by atoms with Gasteiger partial charge in [-0.15, -0.1) is 0 Å². The van der Waals surface area contributed by atoms with Crippen LogP contribution >= 0.6 is 0 Å². The van der Waals surface area contributed by atoms with Gasteiger partial charge in [-0.2, -0.15) is 5.10 Å². The molecule has 0 radical (unpaired) electrons. The van der Waals surface area contributed by atoms with Crippen molar-refractivity contribution in [3.8, 4) is 5.75 Å². The van der Waals surface area contributed by atoms with E-state index in [1.807, 2.05) is 30.0 Å². The molecule has 1 aromatic carbocycles. The van der Waals surface area contributed by atoms with E-state index in [1.165, 1.54) is 5.69 Å². The number of piperidine rings is 1. The van der Waals surface area contributed by atoms with E-state index >= 15 is 0 Å².